The van der Waals surface area contributed by atoms with Gasteiger partial charge in [0, 0.05) is 6.61 Å². The van der Waals surface area contributed by atoms with Crippen molar-refractivity contribution in [2.45, 2.75) is 13.3 Å². The molecule has 8 nitrogen and oxygen atoms in total. The van der Waals surface area contributed by atoms with Gasteiger partial charge in [-0.1, -0.05) is 11.6 Å². The number of anilines is 1. The van der Waals surface area contributed by atoms with Crippen LogP contribution in [-0.4, -0.2) is 42.2 Å². The molecule has 0 spiro atoms. The van der Waals surface area contributed by atoms with E-state index in [9.17, 15) is 9.59 Å². The van der Waals surface area contributed by atoms with Crippen molar-refractivity contribution in [2.75, 3.05) is 25.7 Å². The predicted octanol–water partition coefficient (Wildman–Crippen LogP) is 1.86. The summed E-state index contributed by atoms with van der Waals surface area (Å²) in [6, 6.07) is 3.29. The maximum Gasteiger partial charge on any atom is 0.338 e. The molecule has 25 heavy (non-hydrogen) atoms. The maximum atomic E-state index is 12.0. The van der Waals surface area contributed by atoms with Gasteiger partial charge in [0.2, 0.25) is 5.91 Å². The van der Waals surface area contributed by atoms with Gasteiger partial charge in [0.15, 0.2) is 11.0 Å². The zero-order valence-corrected chi connectivity index (χ0v) is 14.5. The van der Waals surface area contributed by atoms with Crippen LogP contribution in [0, 0.1) is 12.8 Å². The number of nitrogens with zero attached hydrogens (tertiary/aromatic N) is 2. The first-order valence-corrected chi connectivity index (χ1v) is 8.07. The fourth-order valence-corrected chi connectivity index (χ4v) is 2.74. The van der Waals surface area contributed by atoms with Crippen molar-refractivity contribution in [3.8, 4) is 0 Å². The molecule has 9 heteroatoms. The van der Waals surface area contributed by atoms with Gasteiger partial charge in [-0.2, -0.15) is 0 Å². The molecule has 1 unspecified atom stereocenters. The monoisotopic (exact) mass is 364 g/mol. The number of nitrogens with one attached hydrogen (secondary N) is 2. The average molecular weight is 365 g/mol. The molecule has 2 N–H and O–H groups in total. The van der Waals surface area contributed by atoms with Gasteiger partial charge in [-0.3, -0.25) is 15.6 Å². The lowest BCUT2D eigenvalue weighted by Gasteiger charge is -2.13. The number of carbonyl (C=O) groups excluding carboxylic acids is 2. The van der Waals surface area contributed by atoms with Crippen LogP contribution in [0.5, 0.6) is 0 Å². The average Bonchev–Trinajstić information content (AvgIpc) is 3.13. The summed E-state index contributed by atoms with van der Waals surface area (Å²) in [5.41, 5.74) is 7.36. The van der Waals surface area contributed by atoms with E-state index in [1.807, 2.05) is 0 Å². The molecule has 0 aliphatic carbocycles. The van der Waals surface area contributed by atoms with Crippen LogP contribution in [0.4, 0.5) is 5.82 Å². The maximum absolute atomic E-state index is 12.0. The van der Waals surface area contributed by atoms with Gasteiger partial charge >= 0.3 is 5.97 Å². The number of hydrogen-bond acceptors (Lipinski definition) is 7. The van der Waals surface area contributed by atoms with Crippen molar-refractivity contribution in [1.82, 2.24) is 15.4 Å². The number of aromatic nitrogens is 2. The summed E-state index contributed by atoms with van der Waals surface area (Å²) in [5.74, 6) is -0.602. The summed E-state index contributed by atoms with van der Waals surface area (Å²) in [5, 5.41) is 0.0788. The van der Waals surface area contributed by atoms with Crippen LogP contribution in [0.1, 0.15) is 22.3 Å². The summed E-state index contributed by atoms with van der Waals surface area (Å²) in [6.07, 6.45) is 0.681. The minimum atomic E-state index is -0.453. The number of rotatable bonds is 4. The SMILES string of the molecule is COC(=O)c1cc2nc(Cl)c(NNC(=O)C3CCOC3)nc2cc1C. The second kappa shape index (κ2) is 7.20. The Balaban J connectivity index is 1.83. The topological polar surface area (TPSA) is 102 Å². The highest BCUT2D eigenvalue weighted by molar-refractivity contribution is 6.32. The Morgan fingerprint density at radius 3 is 2.76 bits per heavy atom. The Morgan fingerprint density at radius 2 is 2.08 bits per heavy atom. The standard InChI is InChI=1S/C16H17ClN4O4/c1-8-5-11-12(6-10(8)16(23)24-2)18-13(17)14(19-11)20-21-15(22)9-3-4-25-7-9/h5-6,9H,3-4,7H2,1-2H3,(H,19,20)(H,21,22). The van der Waals surface area contributed by atoms with Crippen molar-refractivity contribution in [3.63, 3.8) is 0 Å². The minimum Gasteiger partial charge on any atom is -0.465 e. The molecule has 1 amide bonds. The summed E-state index contributed by atoms with van der Waals surface area (Å²) < 4.78 is 9.93. The Bertz CT molecular complexity index is 836. The fraction of sp³-hybridized carbons (Fsp3) is 0.375. The first-order chi connectivity index (χ1) is 12.0. The molecule has 1 aliphatic rings. The zero-order chi connectivity index (χ0) is 18.0. The van der Waals surface area contributed by atoms with E-state index in [1.165, 1.54) is 7.11 Å². The molecule has 2 aromatic rings. The van der Waals surface area contributed by atoms with E-state index in [0.717, 1.165) is 0 Å². The first kappa shape index (κ1) is 17.4. The normalized spacial score (nSPS) is 16.7. The highest BCUT2D eigenvalue weighted by Gasteiger charge is 2.23. The molecule has 132 valence electrons. The van der Waals surface area contributed by atoms with Gasteiger partial charge in [-0.15, -0.1) is 0 Å². The van der Waals surface area contributed by atoms with Gasteiger partial charge in [0.1, 0.15) is 0 Å². The molecule has 1 aromatic heterocycles. The Hall–Kier alpha value is -2.45. The number of methoxy groups -OCH3 is 1. The van der Waals surface area contributed by atoms with E-state index >= 15 is 0 Å². The molecular weight excluding hydrogens is 348 g/mol. The van der Waals surface area contributed by atoms with Crippen LogP contribution in [0.2, 0.25) is 5.15 Å². The number of amides is 1. The Kier molecular flexibility index (Phi) is 5.00. The van der Waals surface area contributed by atoms with Gasteiger partial charge in [-0.25, -0.2) is 14.8 Å². The van der Waals surface area contributed by atoms with E-state index in [0.29, 0.717) is 41.8 Å². The van der Waals surface area contributed by atoms with Gasteiger partial charge < -0.3 is 9.47 Å². The van der Waals surface area contributed by atoms with Crippen molar-refractivity contribution in [3.05, 3.63) is 28.4 Å². The molecule has 1 fully saturated rings. The van der Waals surface area contributed by atoms with E-state index < -0.39 is 5.97 Å². The molecule has 2 heterocycles. The van der Waals surface area contributed by atoms with E-state index in [-0.39, 0.29) is 22.8 Å². The van der Waals surface area contributed by atoms with Crippen molar-refractivity contribution in [1.29, 1.82) is 0 Å². The highest BCUT2D eigenvalue weighted by Crippen LogP contribution is 2.24. The number of benzene rings is 1. The molecule has 3 rings (SSSR count). The van der Waals surface area contributed by atoms with Crippen molar-refractivity contribution < 1.29 is 19.1 Å². The number of hydrogen-bond donors (Lipinski definition) is 2. The predicted molar refractivity (Wildman–Crippen MR) is 91.3 cm³/mol. The smallest absolute Gasteiger partial charge is 0.338 e. The van der Waals surface area contributed by atoms with Gasteiger partial charge in [0.05, 0.1) is 36.2 Å². The number of ether oxygens (including phenoxy) is 2. The van der Waals surface area contributed by atoms with E-state index in [1.54, 1.807) is 19.1 Å². The van der Waals surface area contributed by atoms with Crippen LogP contribution in [-0.2, 0) is 14.3 Å². The molecule has 1 atom stereocenters. The Morgan fingerprint density at radius 1 is 1.32 bits per heavy atom. The third-order valence-electron chi connectivity index (χ3n) is 3.98. The van der Waals surface area contributed by atoms with Crippen LogP contribution in [0.15, 0.2) is 12.1 Å². The quantitative estimate of drug-likeness (QED) is 0.630. The highest BCUT2D eigenvalue weighted by atomic mass is 35.5. The van der Waals surface area contributed by atoms with Crippen LogP contribution < -0.4 is 10.9 Å². The zero-order valence-electron chi connectivity index (χ0n) is 13.8. The van der Waals surface area contributed by atoms with Gasteiger partial charge in [0.25, 0.3) is 0 Å². The molecule has 0 saturated carbocycles. The summed E-state index contributed by atoms with van der Waals surface area (Å²) in [6.45, 7) is 2.76. The second-order valence-electron chi connectivity index (χ2n) is 5.69. The number of halogens is 1. The molecule has 1 saturated heterocycles. The van der Waals surface area contributed by atoms with Crippen LogP contribution in [0.25, 0.3) is 11.0 Å². The molecule has 1 aliphatic heterocycles. The van der Waals surface area contributed by atoms with E-state index in [2.05, 4.69) is 20.8 Å². The van der Waals surface area contributed by atoms with E-state index in [4.69, 9.17) is 21.1 Å². The Labute approximate surface area is 148 Å². The number of hydrazine groups is 1. The first-order valence-electron chi connectivity index (χ1n) is 7.69. The summed E-state index contributed by atoms with van der Waals surface area (Å²) in [7, 11) is 1.32. The summed E-state index contributed by atoms with van der Waals surface area (Å²) >= 11 is 6.12. The largest absolute Gasteiger partial charge is 0.465 e. The van der Waals surface area contributed by atoms with Crippen LogP contribution in [0.3, 0.4) is 0 Å². The molecule has 1 aromatic carbocycles. The molecule has 0 radical (unpaired) electrons. The number of carbonyl (C=O) groups is 2. The third kappa shape index (κ3) is 3.64. The number of esters is 1. The lowest BCUT2D eigenvalue weighted by Crippen LogP contribution is -2.35. The number of aryl methyl sites for hydroxylation is 1. The molecule has 0 bridgehead atoms. The fourth-order valence-electron chi connectivity index (χ4n) is 2.56. The lowest BCUT2D eigenvalue weighted by atomic mass is 10.1. The van der Waals surface area contributed by atoms with Crippen LogP contribution >= 0.6 is 11.6 Å². The second-order valence-corrected chi connectivity index (χ2v) is 6.04. The lowest BCUT2D eigenvalue weighted by molar-refractivity contribution is -0.124. The van der Waals surface area contributed by atoms with Crippen molar-refractivity contribution >= 4 is 40.3 Å². The third-order valence-corrected chi connectivity index (χ3v) is 4.24. The summed E-state index contributed by atoms with van der Waals surface area (Å²) in [4.78, 5) is 32.3. The molecular formula is C16H17ClN4O4. The number of fused-ring (bicyclic) bond motifs is 1. The van der Waals surface area contributed by atoms with Crippen molar-refractivity contribution in [2.24, 2.45) is 5.92 Å². The minimum absolute atomic E-state index is 0.0788. The van der Waals surface area contributed by atoms with Gasteiger partial charge in [-0.05, 0) is 31.0 Å².